The number of nitrogens with one attached hydrogen (secondary N) is 1. The Kier molecular flexibility index (Phi) is 6.42. The zero-order chi connectivity index (χ0) is 20.2. The first-order valence-electron chi connectivity index (χ1n) is 7.66. The van der Waals surface area contributed by atoms with Crippen LogP contribution in [0.3, 0.4) is 0 Å². The van der Waals surface area contributed by atoms with Crippen LogP contribution in [0.4, 0.5) is 5.69 Å². The van der Waals surface area contributed by atoms with E-state index in [1.165, 1.54) is 50.5 Å². The fraction of sp³-hybridized carbons (Fsp3) is 0.176. The van der Waals surface area contributed by atoms with Gasteiger partial charge in [-0.25, -0.2) is 12.7 Å². The number of nitrogens with zero attached hydrogens (tertiary/aromatic N) is 1. The van der Waals surface area contributed by atoms with E-state index in [4.69, 9.17) is 22.1 Å². The Labute approximate surface area is 161 Å². The number of nitrogens with two attached hydrogens (primary N) is 1. The van der Waals surface area contributed by atoms with E-state index in [1.807, 2.05) is 0 Å². The Morgan fingerprint density at radius 3 is 2.52 bits per heavy atom. The predicted molar refractivity (Wildman–Crippen MR) is 101 cm³/mol. The van der Waals surface area contributed by atoms with Crippen LogP contribution in [0, 0.1) is 0 Å². The summed E-state index contributed by atoms with van der Waals surface area (Å²) in [7, 11) is -0.796. The number of rotatable bonds is 7. The summed E-state index contributed by atoms with van der Waals surface area (Å²) in [5, 5.41) is 2.84. The fourth-order valence-corrected chi connectivity index (χ4v) is 3.23. The largest absolute Gasteiger partial charge is 0.483 e. The van der Waals surface area contributed by atoms with Crippen molar-refractivity contribution in [3.63, 3.8) is 0 Å². The molecule has 0 aliphatic carbocycles. The zero-order valence-electron chi connectivity index (χ0n) is 14.6. The van der Waals surface area contributed by atoms with Gasteiger partial charge >= 0.3 is 0 Å². The SMILES string of the molecule is CN(C)S(=O)(=O)c1cccc(NC(=O)COc2ccc(Cl)cc2C(N)=O)c1. The lowest BCUT2D eigenvalue weighted by Crippen LogP contribution is -2.23. The average molecular weight is 412 g/mol. The van der Waals surface area contributed by atoms with Gasteiger partial charge in [0.15, 0.2) is 6.61 Å². The highest BCUT2D eigenvalue weighted by atomic mass is 35.5. The van der Waals surface area contributed by atoms with Crippen LogP contribution in [-0.2, 0) is 14.8 Å². The number of amides is 2. The van der Waals surface area contributed by atoms with E-state index in [9.17, 15) is 18.0 Å². The molecule has 3 N–H and O–H groups in total. The number of carbonyl (C=O) groups is 2. The van der Waals surface area contributed by atoms with E-state index in [-0.39, 0.29) is 21.9 Å². The summed E-state index contributed by atoms with van der Waals surface area (Å²) in [6.45, 7) is -0.410. The molecule has 2 rings (SSSR count). The second-order valence-corrected chi connectivity index (χ2v) is 8.25. The Morgan fingerprint density at radius 1 is 1.19 bits per heavy atom. The van der Waals surface area contributed by atoms with Crippen LogP contribution in [0.1, 0.15) is 10.4 Å². The van der Waals surface area contributed by atoms with Crippen molar-refractivity contribution in [2.45, 2.75) is 4.90 Å². The topological polar surface area (TPSA) is 119 Å². The molecule has 2 aromatic carbocycles. The van der Waals surface area contributed by atoms with Crippen LogP contribution >= 0.6 is 11.6 Å². The average Bonchev–Trinajstić information content (AvgIpc) is 2.60. The van der Waals surface area contributed by atoms with Gasteiger partial charge < -0.3 is 15.8 Å². The molecule has 8 nitrogen and oxygen atoms in total. The first-order valence-corrected chi connectivity index (χ1v) is 9.47. The third-order valence-electron chi connectivity index (χ3n) is 3.46. The van der Waals surface area contributed by atoms with Gasteiger partial charge in [-0.3, -0.25) is 9.59 Å². The van der Waals surface area contributed by atoms with Crippen molar-refractivity contribution < 1.29 is 22.7 Å². The minimum Gasteiger partial charge on any atom is -0.483 e. The molecular weight excluding hydrogens is 394 g/mol. The highest BCUT2D eigenvalue weighted by Gasteiger charge is 2.18. The molecule has 0 radical (unpaired) electrons. The smallest absolute Gasteiger partial charge is 0.262 e. The number of anilines is 1. The normalized spacial score (nSPS) is 11.3. The van der Waals surface area contributed by atoms with Crippen molar-refractivity contribution in [1.29, 1.82) is 0 Å². The summed E-state index contributed by atoms with van der Waals surface area (Å²) in [4.78, 5) is 23.6. The molecule has 27 heavy (non-hydrogen) atoms. The first kappa shape index (κ1) is 20.7. The summed E-state index contributed by atoms with van der Waals surface area (Å²) < 4.78 is 30.7. The second kappa shape index (κ2) is 8.38. The van der Waals surface area contributed by atoms with Crippen LogP contribution in [0.5, 0.6) is 5.75 Å². The van der Waals surface area contributed by atoms with Crippen molar-refractivity contribution in [3.8, 4) is 5.75 Å². The quantitative estimate of drug-likeness (QED) is 0.718. The van der Waals surface area contributed by atoms with E-state index < -0.39 is 28.4 Å². The molecule has 2 aromatic rings. The first-order chi connectivity index (χ1) is 12.6. The Hall–Kier alpha value is -2.62. The summed E-state index contributed by atoms with van der Waals surface area (Å²) >= 11 is 5.81. The lowest BCUT2D eigenvalue weighted by atomic mass is 10.2. The number of hydrogen-bond donors (Lipinski definition) is 2. The summed E-state index contributed by atoms with van der Waals surface area (Å²) in [6.07, 6.45) is 0. The van der Waals surface area contributed by atoms with E-state index in [1.54, 1.807) is 6.07 Å². The molecule has 0 spiro atoms. The Morgan fingerprint density at radius 2 is 1.89 bits per heavy atom. The molecule has 0 saturated heterocycles. The van der Waals surface area contributed by atoms with Gasteiger partial charge in [0, 0.05) is 24.8 Å². The van der Waals surface area contributed by atoms with E-state index in [0.29, 0.717) is 5.02 Å². The minimum atomic E-state index is -3.62. The number of ether oxygens (including phenoxy) is 1. The molecular formula is C17H18ClN3O5S. The predicted octanol–water partition coefficient (Wildman–Crippen LogP) is 1.71. The van der Waals surface area contributed by atoms with E-state index in [0.717, 1.165) is 4.31 Å². The summed E-state index contributed by atoms with van der Waals surface area (Å²) in [6, 6.07) is 10.1. The van der Waals surface area contributed by atoms with Crippen molar-refractivity contribution in [1.82, 2.24) is 4.31 Å². The molecule has 0 bridgehead atoms. The third kappa shape index (κ3) is 5.19. The Bertz CT molecular complexity index is 976. The maximum absolute atomic E-state index is 12.1. The fourth-order valence-electron chi connectivity index (χ4n) is 2.11. The van der Waals surface area contributed by atoms with E-state index in [2.05, 4.69) is 5.32 Å². The third-order valence-corrected chi connectivity index (χ3v) is 5.51. The number of carbonyl (C=O) groups excluding carboxylic acids is 2. The molecule has 0 aromatic heterocycles. The summed E-state index contributed by atoms with van der Waals surface area (Å²) in [5.41, 5.74) is 5.60. The van der Waals surface area contributed by atoms with Crippen molar-refractivity contribution in [2.24, 2.45) is 5.73 Å². The van der Waals surface area contributed by atoms with Crippen LogP contribution in [0.25, 0.3) is 0 Å². The zero-order valence-corrected chi connectivity index (χ0v) is 16.2. The molecule has 0 saturated carbocycles. The van der Waals surface area contributed by atoms with Crippen molar-refractivity contribution in [2.75, 3.05) is 26.0 Å². The maximum atomic E-state index is 12.1. The lowest BCUT2D eigenvalue weighted by Gasteiger charge is -2.13. The molecule has 0 aliphatic heterocycles. The van der Waals surface area contributed by atoms with Gasteiger partial charge in [0.25, 0.3) is 11.8 Å². The van der Waals surface area contributed by atoms with Crippen molar-refractivity contribution >= 4 is 39.1 Å². The number of hydrogen-bond acceptors (Lipinski definition) is 5. The van der Waals surface area contributed by atoms with Gasteiger partial charge in [0.2, 0.25) is 10.0 Å². The van der Waals surface area contributed by atoms with Crippen LogP contribution in [0.15, 0.2) is 47.4 Å². The number of benzene rings is 2. The molecule has 0 atom stereocenters. The van der Waals surface area contributed by atoms with Gasteiger partial charge in [-0.1, -0.05) is 17.7 Å². The van der Waals surface area contributed by atoms with Crippen molar-refractivity contribution in [3.05, 3.63) is 53.1 Å². The summed E-state index contributed by atoms with van der Waals surface area (Å²) in [5.74, 6) is -1.17. The molecule has 10 heteroatoms. The monoisotopic (exact) mass is 411 g/mol. The van der Waals surface area contributed by atoms with E-state index >= 15 is 0 Å². The maximum Gasteiger partial charge on any atom is 0.262 e. The molecule has 2 amide bonds. The van der Waals surface area contributed by atoms with Gasteiger partial charge in [-0.2, -0.15) is 0 Å². The van der Waals surface area contributed by atoms with Crippen LogP contribution in [0.2, 0.25) is 5.02 Å². The standard InChI is InChI=1S/C17H18ClN3O5S/c1-21(2)27(24,25)13-5-3-4-12(9-13)20-16(22)10-26-15-7-6-11(18)8-14(15)17(19)23/h3-9H,10H2,1-2H3,(H2,19,23)(H,20,22). The second-order valence-electron chi connectivity index (χ2n) is 5.66. The number of halogens is 1. The lowest BCUT2D eigenvalue weighted by molar-refractivity contribution is -0.118. The molecule has 0 heterocycles. The number of primary amides is 1. The van der Waals surface area contributed by atoms with Gasteiger partial charge in [0.05, 0.1) is 10.5 Å². The highest BCUT2D eigenvalue weighted by Crippen LogP contribution is 2.23. The Balaban J connectivity index is 2.08. The molecule has 0 unspecified atom stereocenters. The van der Waals surface area contributed by atoms with Crippen LogP contribution < -0.4 is 15.8 Å². The van der Waals surface area contributed by atoms with Gasteiger partial charge in [-0.05, 0) is 36.4 Å². The molecule has 0 aliphatic rings. The number of sulfonamides is 1. The minimum absolute atomic E-state index is 0.0416. The molecule has 0 fully saturated rings. The van der Waals surface area contributed by atoms with Gasteiger partial charge in [0.1, 0.15) is 5.75 Å². The molecule has 144 valence electrons. The highest BCUT2D eigenvalue weighted by molar-refractivity contribution is 7.89. The van der Waals surface area contributed by atoms with Gasteiger partial charge in [-0.15, -0.1) is 0 Å². The van der Waals surface area contributed by atoms with Crippen LogP contribution in [-0.4, -0.2) is 45.2 Å².